The third kappa shape index (κ3) is 5.99. The zero-order chi connectivity index (χ0) is 28.3. The number of carbonyl (C=O) groups is 3. The molecule has 2 heterocycles. The first-order valence-corrected chi connectivity index (χ1v) is 14.4. The second-order valence-electron chi connectivity index (χ2n) is 11.4. The number of likely N-dealkylation sites (N-methyl/N-ethyl adjacent to an activating group) is 1. The number of carbonyl (C=O) groups excluding carboxylic acids is 3. The quantitative estimate of drug-likeness (QED) is 0.534. The van der Waals surface area contributed by atoms with Crippen molar-refractivity contribution in [1.29, 1.82) is 0 Å². The van der Waals surface area contributed by atoms with Gasteiger partial charge in [0, 0.05) is 26.6 Å². The first-order valence-electron chi connectivity index (χ1n) is 14.4. The topological polar surface area (TPSA) is 99.8 Å². The number of amides is 3. The highest BCUT2D eigenvalue weighted by atomic mass is 19.1. The highest BCUT2D eigenvalue weighted by Crippen LogP contribution is 2.36. The number of hydrogen-bond acceptors (Lipinski definition) is 5. The summed E-state index contributed by atoms with van der Waals surface area (Å²) >= 11 is 0. The minimum absolute atomic E-state index is 0.0456. The standard InChI is InChI=1S/C31H39FN4O4/c1-20-28(37)35-26(18-21-9-12-24(32)13-10-21)29(38)33-17-4-8-22-6-3-7-23-11-14-25(40-27(22)23)19-34-31(15-5-16-31)30(39)36(20)2/h3,6-7,9-10,12-13,20,25-26,34H,4-5,8,11,14-19H2,1-2H3,(H,33,38)(H,35,37)/t20-,25?,26-/m1/s1. The lowest BCUT2D eigenvalue weighted by atomic mass is 9.75. The van der Waals surface area contributed by atoms with Crippen LogP contribution in [-0.2, 0) is 33.6 Å². The summed E-state index contributed by atoms with van der Waals surface area (Å²) in [6.45, 7) is 2.66. The number of benzene rings is 2. The monoisotopic (exact) mass is 550 g/mol. The Kier molecular flexibility index (Phi) is 8.40. The van der Waals surface area contributed by atoms with Gasteiger partial charge in [0.25, 0.3) is 0 Å². The molecule has 2 aromatic carbocycles. The van der Waals surface area contributed by atoms with E-state index in [-0.39, 0.29) is 30.2 Å². The minimum Gasteiger partial charge on any atom is -0.489 e. The zero-order valence-corrected chi connectivity index (χ0v) is 23.3. The van der Waals surface area contributed by atoms with Crippen molar-refractivity contribution in [3.8, 4) is 5.75 Å². The van der Waals surface area contributed by atoms with Crippen molar-refractivity contribution in [2.24, 2.45) is 0 Å². The van der Waals surface area contributed by atoms with E-state index in [0.29, 0.717) is 32.4 Å². The van der Waals surface area contributed by atoms with Gasteiger partial charge in [-0.15, -0.1) is 0 Å². The molecular formula is C31H39FN4O4. The average Bonchev–Trinajstić information content (AvgIpc) is 2.94. The molecule has 2 aliphatic heterocycles. The molecule has 5 rings (SSSR count). The van der Waals surface area contributed by atoms with Crippen LogP contribution < -0.4 is 20.7 Å². The Labute approximate surface area is 235 Å². The lowest BCUT2D eigenvalue weighted by Gasteiger charge is -2.45. The number of rotatable bonds is 2. The molecule has 1 saturated carbocycles. The van der Waals surface area contributed by atoms with E-state index >= 15 is 0 Å². The summed E-state index contributed by atoms with van der Waals surface area (Å²) in [5.41, 5.74) is 2.30. The molecule has 9 heteroatoms. The number of fused-ring (bicyclic) bond motifs is 1. The summed E-state index contributed by atoms with van der Waals surface area (Å²) in [4.78, 5) is 41.8. The van der Waals surface area contributed by atoms with Gasteiger partial charge in [-0.1, -0.05) is 30.3 Å². The predicted octanol–water partition coefficient (Wildman–Crippen LogP) is 2.67. The number of hydrogen-bond donors (Lipinski definition) is 3. The molecule has 214 valence electrons. The number of nitrogens with zero attached hydrogens (tertiary/aromatic N) is 1. The third-order valence-electron chi connectivity index (χ3n) is 8.67. The van der Waals surface area contributed by atoms with Gasteiger partial charge in [-0.2, -0.15) is 0 Å². The molecule has 0 radical (unpaired) electrons. The van der Waals surface area contributed by atoms with Crippen LogP contribution in [0.15, 0.2) is 42.5 Å². The fourth-order valence-electron chi connectivity index (χ4n) is 5.84. The Hall–Kier alpha value is -3.46. The molecule has 3 amide bonds. The molecule has 3 aliphatic rings. The summed E-state index contributed by atoms with van der Waals surface area (Å²) in [6, 6.07) is 10.5. The van der Waals surface area contributed by atoms with E-state index in [1.807, 2.05) is 6.07 Å². The van der Waals surface area contributed by atoms with Crippen LogP contribution in [0.5, 0.6) is 5.75 Å². The third-order valence-corrected chi connectivity index (χ3v) is 8.67. The number of ether oxygens (including phenoxy) is 1. The van der Waals surface area contributed by atoms with Crippen LogP contribution >= 0.6 is 0 Å². The smallest absolute Gasteiger partial charge is 0.243 e. The second kappa shape index (κ2) is 12.0. The molecule has 0 aromatic heterocycles. The fraction of sp³-hybridized carbons (Fsp3) is 0.516. The van der Waals surface area contributed by atoms with Crippen LogP contribution in [0.25, 0.3) is 0 Å². The van der Waals surface area contributed by atoms with E-state index in [0.717, 1.165) is 42.6 Å². The van der Waals surface area contributed by atoms with Crippen LogP contribution in [0, 0.1) is 5.82 Å². The van der Waals surface area contributed by atoms with E-state index in [9.17, 15) is 18.8 Å². The van der Waals surface area contributed by atoms with Crippen LogP contribution in [0.2, 0.25) is 0 Å². The maximum atomic E-state index is 13.7. The first kappa shape index (κ1) is 28.1. The van der Waals surface area contributed by atoms with Crippen LogP contribution in [0.3, 0.4) is 0 Å². The van der Waals surface area contributed by atoms with Crippen molar-refractivity contribution < 1.29 is 23.5 Å². The van der Waals surface area contributed by atoms with E-state index in [1.165, 1.54) is 22.6 Å². The van der Waals surface area contributed by atoms with E-state index < -0.39 is 23.5 Å². The molecule has 0 saturated heterocycles. The van der Waals surface area contributed by atoms with Crippen LogP contribution in [-0.4, -0.2) is 66.5 Å². The SMILES string of the molecule is C[C@@H]1C(=O)N[C@H](Cc2ccc(F)cc2)C(=O)NCCCc2cccc3c2OC(CC3)CNC2(CCC2)C(=O)N1C. The van der Waals surface area contributed by atoms with Crippen molar-refractivity contribution in [3.05, 3.63) is 65.0 Å². The van der Waals surface area contributed by atoms with Crippen LogP contribution in [0.4, 0.5) is 4.39 Å². The summed E-state index contributed by atoms with van der Waals surface area (Å²) in [7, 11) is 1.64. The van der Waals surface area contributed by atoms with Crippen molar-refractivity contribution in [2.75, 3.05) is 20.1 Å². The van der Waals surface area contributed by atoms with Gasteiger partial charge >= 0.3 is 0 Å². The Balaban J connectivity index is 1.40. The summed E-state index contributed by atoms with van der Waals surface area (Å²) in [5, 5.41) is 9.35. The van der Waals surface area contributed by atoms with Gasteiger partial charge in [0.05, 0.1) is 5.54 Å². The van der Waals surface area contributed by atoms with Crippen LogP contribution in [0.1, 0.15) is 55.7 Å². The van der Waals surface area contributed by atoms with Crippen molar-refractivity contribution in [3.63, 3.8) is 0 Å². The minimum atomic E-state index is -0.868. The van der Waals surface area contributed by atoms with Gasteiger partial charge < -0.3 is 20.3 Å². The molecule has 3 N–H and O–H groups in total. The lowest BCUT2D eigenvalue weighted by molar-refractivity contribution is -0.147. The normalized spacial score (nSPS) is 25.6. The summed E-state index contributed by atoms with van der Waals surface area (Å²) < 4.78 is 19.9. The predicted molar refractivity (Wildman–Crippen MR) is 149 cm³/mol. The van der Waals surface area contributed by atoms with Crippen molar-refractivity contribution in [2.45, 2.75) is 82.0 Å². The number of para-hydroxylation sites is 1. The van der Waals surface area contributed by atoms with Crippen molar-refractivity contribution >= 4 is 17.7 Å². The number of halogens is 1. The molecule has 2 aromatic rings. The van der Waals surface area contributed by atoms with Crippen molar-refractivity contribution in [1.82, 2.24) is 20.9 Å². The van der Waals surface area contributed by atoms with E-state index in [4.69, 9.17) is 4.74 Å². The first-order chi connectivity index (χ1) is 19.3. The Morgan fingerprint density at radius 2 is 1.73 bits per heavy atom. The molecule has 1 aliphatic carbocycles. The molecule has 3 atom stereocenters. The Morgan fingerprint density at radius 1 is 1.00 bits per heavy atom. The Bertz CT molecular complexity index is 1250. The second-order valence-corrected chi connectivity index (χ2v) is 11.4. The molecule has 1 unspecified atom stereocenters. The average molecular weight is 551 g/mol. The molecule has 8 nitrogen and oxygen atoms in total. The van der Waals surface area contributed by atoms with Gasteiger partial charge in [0.15, 0.2) is 0 Å². The Morgan fingerprint density at radius 3 is 2.42 bits per heavy atom. The maximum Gasteiger partial charge on any atom is 0.243 e. The summed E-state index contributed by atoms with van der Waals surface area (Å²) in [5.74, 6) is -0.296. The zero-order valence-electron chi connectivity index (χ0n) is 23.3. The van der Waals surface area contributed by atoms with Gasteiger partial charge in [-0.3, -0.25) is 19.7 Å². The highest BCUT2D eigenvalue weighted by Gasteiger charge is 2.47. The molecular weight excluding hydrogens is 511 g/mol. The van der Waals surface area contributed by atoms with Gasteiger partial charge in [0.1, 0.15) is 29.8 Å². The summed E-state index contributed by atoms with van der Waals surface area (Å²) in [6.07, 6.45) is 5.73. The largest absolute Gasteiger partial charge is 0.489 e. The van der Waals surface area contributed by atoms with E-state index in [2.05, 4.69) is 28.1 Å². The molecule has 1 spiro atoms. The number of nitrogens with one attached hydrogen (secondary N) is 3. The van der Waals surface area contributed by atoms with Gasteiger partial charge in [-0.05, 0) is 80.7 Å². The highest BCUT2D eigenvalue weighted by molar-refractivity contribution is 5.94. The fourth-order valence-corrected chi connectivity index (χ4v) is 5.84. The van der Waals surface area contributed by atoms with Gasteiger partial charge in [0.2, 0.25) is 17.7 Å². The number of aryl methyl sites for hydroxylation is 2. The van der Waals surface area contributed by atoms with Gasteiger partial charge in [-0.25, -0.2) is 4.39 Å². The lowest BCUT2D eigenvalue weighted by Crippen LogP contribution is -2.65. The maximum absolute atomic E-state index is 13.7. The van der Waals surface area contributed by atoms with E-state index in [1.54, 1.807) is 26.1 Å². The molecule has 40 heavy (non-hydrogen) atoms. The molecule has 1 fully saturated rings. The molecule has 2 bridgehead atoms.